The maximum Gasteiger partial charge on any atom is 0.422 e. The topological polar surface area (TPSA) is 67.8 Å². The second kappa shape index (κ2) is 10.5. The van der Waals surface area contributed by atoms with Gasteiger partial charge in [-0.15, -0.1) is 24.0 Å². The zero-order chi connectivity index (χ0) is 20.0. The summed E-state index contributed by atoms with van der Waals surface area (Å²) in [7, 11) is 1.66. The zero-order valence-electron chi connectivity index (χ0n) is 15.7. The predicted molar refractivity (Wildman–Crippen MR) is 114 cm³/mol. The monoisotopic (exact) mass is 522 g/mol. The van der Waals surface area contributed by atoms with Crippen molar-refractivity contribution in [3.8, 4) is 11.6 Å². The highest BCUT2D eigenvalue weighted by atomic mass is 127. The number of nitrogens with zero attached hydrogens (tertiary/aromatic N) is 2. The molecule has 0 radical (unpaired) electrons. The number of aliphatic imine (C=N–C) groups is 1. The molecule has 0 fully saturated rings. The maximum absolute atomic E-state index is 12.1. The molecule has 3 rings (SSSR count). The Kier molecular flexibility index (Phi) is 8.35. The predicted octanol–water partition coefficient (Wildman–Crippen LogP) is 3.31. The van der Waals surface area contributed by atoms with Crippen LogP contribution in [0.3, 0.4) is 0 Å². The van der Waals surface area contributed by atoms with E-state index in [2.05, 4.69) is 31.4 Å². The Bertz CT molecular complexity index is 791. The number of nitrogens with one attached hydrogen (secondary N) is 2. The van der Waals surface area contributed by atoms with Crippen molar-refractivity contribution < 1.29 is 22.6 Å². The molecule has 0 aliphatic carbocycles. The molecule has 0 saturated carbocycles. The lowest BCUT2D eigenvalue weighted by Crippen LogP contribution is -2.41. The Labute approximate surface area is 183 Å². The molecule has 6 nitrogen and oxygen atoms in total. The van der Waals surface area contributed by atoms with Gasteiger partial charge in [0, 0.05) is 32.3 Å². The first-order valence-electron chi connectivity index (χ1n) is 8.76. The van der Waals surface area contributed by atoms with Gasteiger partial charge in [0.05, 0.1) is 6.54 Å². The number of hydrogen-bond acceptors (Lipinski definition) is 4. The Hall–Kier alpha value is -2.24. The molecule has 2 heterocycles. The van der Waals surface area contributed by atoms with Crippen molar-refractivity contribution in [3.63, 3.8) is 0 Å². The minimum atomic E-state index is -4.38. The molecule has 1 aromatic carbocycles. The van der Waals surface area contributed by atoms with Crippen LogP contribution >= 0.6 is 24.0 Å². The third-order valence-electron chi connectivity index (χ3n) is 4.08. The molecule has 0 amide bonds. The van der Waals surface area contributed by atoms with E-state index in [0.717, 1.165) is 17.7 Å². The van der Waals surface area contributed by atoms with Crippen LogP contribution in [0.2, 0.25) is 0 Å². The van der Waals surface area contributed by atoms with Crippen molar-refractivity contribution in [3.05, 3.63) is 53.7 Å². The van der Waals surface area contributed by atoms with E-state index in [1.807, 2.05) is 18.2 Å². The lowest BCUT2D eigenvalue weighted by Gasteiger charge is -2.15. The average molecular weight is 522 g/mol. The summed E-state index contributed by atoms with van der Waals surface area (Å²) in [5.74, 6) is 1.44. The van der Waals surface area contributed by atoms with Crippen LogP contribution < -0.4 is 20.1 Å². The normalized spacial score (nSPS) is 15.7. The fourth-order valence-electron chi connectivity index (χ4n) is 2.74. The van der Waals surface area contributed by atoms with Crippen molar-refractivity contribution in [2.45, 2.75) is 25.2 Å². The van der Waals surface area contributed by atoms with E-state index in [-0.39, 0.29) is 36.0 Å². The number of rotatable bonds is 6. The van der Waals surface area contributed by atoms with Gasteiger partial charge < -0.3 is 20.1 Å². The van der Waals surface area contributed by atoms with E-state index in [1.54, 1.807) is 13.1 Å². The second-order valence-electron chi connectivity index (χ2n) is 6.27. The van der Waals surface area contributed by atoms with Crippen molar-refractivity contribution in [2.75, 3.05) is 20.2 Å². The number of pyridine rings is 1. The van der Waals surface area contributed by atoms with Crippen LogP contribution in [0.5, 0.6) is 11.6 Å². The molecule has 1 aromatic heterocycles. The number of alkyl halides is 3. The van der Waals surface area contributed by atoms with E-state index >= 15 is 0 Å². The van der Waals surface area contributed by atoms with Crippen LogP contribution in [0.1, 0.15) is 11.1 Å². The molecule has 0 saturated heterocycles. The van der Waals surface area contributed by atoms with Gasteiger partial charge >= 0.3 is 6.18 Å². The van der Waals surface area contributed by atoms with Gasteiger partial charge in [0.15, 0.2) is 12.6 Å². The highest BCUT2D eigenvalue weighted by molar-refractivity contribution is 14.0. The number of benzene rings is 1. The lowest BCUT2D eigenvalue weighted by atomic mass is 10.1. The molecule has 1 aliphatic heterocycles. The van der Waals surface area contributed by atoms with Gasteiger partial charge in [0.1, 0.15) is 11.9 Å². The fraction of sp³-hybridized carbons (Fsp3) is 0.368. The quantitative estimate of drug-likeness (QED) is 0.347. The van der Waals surface area contributed by atoms with E-state index in [9.17, 15) is 13.2 Å². The molecular weight excluding hydrogens is 500 g/mol. The SMILES string of the molecule is CN=C(NCc1ccc(OCC(F)(F)F)nc1)NCC1Cc2ccccc2O1.I. The van der Waals surface area contributed by atoms with E-state index < -0.39 is 12.8 Å². The molecule has 0 bridgehead atoms. The highest BCUT2D eigenvalue weighted by Crippen LogP contribution is 2.27. The second-order valence-corrected chi connectivity index (χ2v) is 6.27. The molecule has 2 N–H and O–H groups in total. The van der Waals surface area contributed by atoms with Crippen molar-refractivity contribution in [2.24, 2.45) is 4.99 Å². The van der Waals surface area contributed by atoms with Crippen LogP contribution in [0.25, 0.3) is 0 Å². The summed E-state index contributed by atoms with van der Waals surface area (Å²) in [6, 6.07) is 11.0. The molecule has 10 heteroatoms. The Morgan fingerprint density at radius 1 is 1.24 bits per heavy atom. The standard InChI is InChI=1S/C19H21F3N4O2.HI/c1-23-18(26-11-15-8-14-4-2-3-5-16(14)28-15)25-10-13-6-7-17(24-9-13)27-12-19(20,21)22;/h2-7,9,15H,8,10-12H2,1H3,(H2,23,25,26);1H. The largest absolute Gasteiger partial charge is 0.488 e. The first kappa shape index (κ1) is 23.0. The number of guanidine groups is 1. The first-order chi connectivity index (χ1) is 13.4. The van der Waals surface area contributed by atoms with Gasteiger partial charge in [-0.05, 0) is 17.2 Å². The summed E-state index contributed by atoms with van der Waals surface area (Å²) in [6.45, 7) is -0.351. The van der Waals surface area contributed by atoms with Gasteiger partial charge in [-0.25, -0.2) is 4.98 Å². The number of hydrogen-bond donors (Lipinski definition) is 2. The van der Waals surface area contributed by atoms with E-state index in [1.165, 1.54) is 17.8 Å². The lowest BCUT2D eigenvalue weighted by molar-refractivity contribution is -0.154. The van der Waals surface area contributed by atoms with Gasteiger partial charge in [0.2, 0.25) is 5.88 Å². The minimum absolute atomic E-state index is 0. The van der Waals surface area contributed by atoms with E-state index in [0.29, 0.717) is 19.0 Å². The molecule has 2 aromatic rings. The summed E-state index contributed by atoms with van der Waals surface area (Å²) in [4.78, 5) is 8.03. The summed E-state index contributed by atoms with van der Waals surface area (Å²) < 4.78 is 46.9. The third-order valence-corrected chi connectivity index (χ3v) is 4.08. The van der Waals surface area contributed by atoms with Crippen molar-refractivity contribution in [1.29, 1.82) is 0 Å². The molecular formula is C19H22F3IN4O2. The molecule has 1 atom stereocenters. The minimum Gasteiger partial charge on any atom is -0.488 e. The number of aromatic nitrogens is 1. The Morgan fingerprint density at radius 3 is 2.69 bits per heavy atom. The number of halogens is 4. The van der Waals surface area contributed by atoms with Crippen molar-refractivity contribution in [1.82, 2.24) is 15.6 Å². The molecule has 1 aliphatic rings. The summed E-state index contributed by atoms with van der Waals surface area (Å²) in [5, 5.41) is 6.34. The Morgan fingerprint density at radius 2 is 2.03 bits per heavy atom. The van der Waals surface area contributed by atoms with Gasteiger partial charge in [-0.1, -0.05) is 24.3 Å². The van der Waals surface area contributed by atoms with Crippen LogP contribution in [0, 0.1) is 0 Å². The van der Waals surface area contributed by atoms with Crippen LogP contribution in [-0.2, 0) is 13.0 Å². The highest BCUT2D eigenvalue weighted by Gasteiger charge is 2.28. The average Bonchev–Trinajstić information content (AvgIpc) is 3.10. The number of fused-ring (bicyclic) bond motifs is 1. The zero-order valence-corrected chi connectivity index (χ0v) is 18.0. The first-order valence-corrected chi connectivity index (χ1v) is 8.76. The fourth-order valence-corrected chi connectivity index (χ4v) is 2.74. The summed E-state index contributed by atoms with van der Waals surface area (Å²) in [6.07, 6.45) is -2.06. The van der Waals surface area contributed by atoms with Crippen LogP contribution in [-0.4, -0.2) is 43.4 Å². The Balaban J connectivity index is 0.00000300. The van der Waals surface area contributed by atoms with Gasteiger partial charge in [-0.3, -0.25) is 4.99 Å². The number of ether oxygens (including phenoxy) is 2. The van der Waals surface area contributed by atoms with E-state index in [4.69, 9.17) is 4.74 Å². The number of para-hydroxylation sites is 1. The van der Waals surface area contributed by atoms with Crippen LogP contribution in [0.4, 0.5) is 13.2 Å². The van der Waals surface area contributed by atoms with Crippen molar-refractivity contribution >= 4 is 29.9 Å². The van der Waals surface area contributed by atoms with Gasteiger partial charge in [-0.2, -0.15) is 13.2 Å². The molecule has 29 heavy (non-hydrogen) atoms. The summed E-state index contributed by atoms with van der Waals surface area (Å²) in [5.41, 5.74) is 1.97. The smallest absolute Gasteiger partial charge is 0.422 e. The van der Waals surface area contributed by atoms with Gasteiger partial charge in [0.25, 0.3) is 0 Å². The maximum atomic E-state index is 12.1. The third kappa shape index (κ3) is 7.26. The summed E-state index contributed by atoms with van der Waals surface area (Å²) >= 11 is 0. The van der Waals surface area contributed by atoms with Crippen LogP contribution in [0.15, 0.2) is 47.6 Å². The molecule has 158 valence electrons. The molecule has 1 unspecified atom stereocenters. The molecule has 0 spiro atoms.